The van der Waals surface area contributed by atoms with Gasteiger partial charge in [-0.25, -0.2) is 0 Å². The summed E-state index contributed by atoms with van der Waals surface area (Å²) in [6.45, 7) is 1.83. The van der Waals surface area contributed by atoms with Crippen molar-refractivity contribution in [3.8, 4) is 0 Å². The molecule has 0 aliphatic carbocycles. The molecule has 3 rings (SSSR count). The summed E-state index contributed by atoms with van der Waals surface area (Å²) in [5, 5.41) is 2.92. The molecule has 0 saturated heterocycles. The second kappa shape index (κ2) is 8.70. The number of amides is 1. The third-order valence-electron chi connectivity index (χ3n) is 4.71. The third kappa shape index (κ3) is 4.35. The van der Waals surface area contributed by atoms with Gasteiger partial charge in [0.25, 0.3) is 5.91 Å². The summed E-state index contributed by atoms with van der Waals surface area (Å²) in [5.74, 6) is -0.547. The van der Waals surface area contributed by atoms with Crippen LogP contribution >= 0.6 is 0 Å². The number of carbonyl (C=O) groups is 1. The summed E-state index contributed by atoms with van der Waals surface area (Å²) < 4.78 is 27.3. The van der Waals surface area contributed by atoms with Crippen molar-refractivity contribution in [1.82, 2.24) is 5.32 Å². The molecule has 1 amide bonds. The lowest BCUT2D eigenvalue weighted by Crippen LogP contribution is -2.45. The first-order valence-electron chi connectivity index (χ1n) is 9.03. The Balaban J connectivity index is 2.17. The largest absolute Gasteiger partial charge is 0.399 e. The van der Waals surface area contributed by atoms with Gasteiger partial charge in [-0.05, 0) is 35.7 Å². The van der Waals surface area contributed by atoms with Crippen molar-refractivity contribution in [1.29, 1.82) is 0 Å². The van der Waals surface area contributed by atoms with Gasteiger partial charge in [-0.1, -0.05) is 72.8 Å². The molecule has 7 heteroatoms. The number of nitrogen functional groups attached to an aromatic ring is 1. The summed E-state index contributed by atoms with van der Waals surface area (Å²) in [6, 6.07) is 24.1. The number of benzene rings is 3. The molecule has 0 aliphatic heterocycles. The van der Waals surface area contributed by atoms with Crippen LogP contribution in [0.2, 0.25) is 0 Å². The summed E-state index contributed by atoms with van der Waals surface area (Å²) in [7, 11) is -2.84. The standard InChI is InChI=1S/C22H21N3O3S/c1-16(17-8-4-2-5-9-17)24-21(26)22(25-29(27)28,18-10-6-3-7-11-18)19-12-14-20(23)15-13-19/h2-16H,23H2,1H3,(H,24,26). The van der Waals surface area contributed by atoms with Crippen LogP contribution < -0.4 is 11.1 Å². The minimum atomic E-state index is -2.84. The van der Waals surface area contributed by atoms with Crippen LogP contribution in [-0.2, 0) is 20.8 Å². The molecule has 2 atom stereocenters. The van der Waals surface area contributed by atoms with Crippen LogP contribution in [0.3, 0.4) is 0 Å². The predicted octanol–water partition coefficient (Wildman–Crippen LogP) is 3.45. The lowest BCUT2D eigenvalue weighted by atomic mass is 9.82. The normalized spacial score (nSPS) is 13.7. The Bertz CT molecular complexity index is 1110. The van der Waals surface area contributed by atoms with Crippen molar-refractivity contribution in [2.45, 2.75) is 18.5 Å². The van der Waals surface area contributed by atoms with Gasteiger partial charge in [0, 0.05) is 5.69 Å². The molecular weight excluding hydrogens is 386 g/mol. The van der Waals surface area contributed by atoms with Crippen molar-refractivity contribution < 1.29 is 13.2 Å². The Labute approximate surface area is 171 Å². The van der Waals surface area contributed by atoms with Crippen LogP contribution in [0, 0.1) is 0 Å². The van der Waals surface area contributed by atoms with Crippen molar-refractivity contribution in [2.24, 2.45) is 4.36 Å². The first kappa shape index (κ1) is 20.3. The fourth-order valence-corrected chi connectivity index (χ4v) is 3.73. The van der Waals surface area contributed by atoms with Gasteiger partial charge >= 0.3 is 10.5 Å². The zero-order valence-electron chi connectivity index (χ0n) is 15.8. The highest BCUT2D eigenvalue weighted by Crippen LogP contribution is 2.35. The average Bonchev–Trinajstić information content (AvgIpc) is 2.73. The SMILES string of the molecule is CC(NC(=O)C(N=S(=O)=O)(c1ccccc1)c1ccc(N)cc1)c1ccccc1. The van der Waals surface area contributed by atoms with Crippen molar-refractivity contribution in [3.05, 3.63) is 102 Å². The average molecular weight is 407 g/mol. The van der Waals surface area contributed by atoms with Gasteiger partial charge < -0.3 is 11.1 Å². The minimum Gasteiger partial charge on any atom is -0.399 e. The molecule has 3 aromatic rings. The Morgan fingerprint density at radius 3 is 1.97 bits per heavy atom. The highest BCUT2D eigenvalue weighted by Gasteiger charge is 2.43. The second-order valence-corrected chi connectivity index (χ2v) is 7.23. The lowest BCUT2D eigenvalue weighted by molar-refractivity contribution is -0.125. The molecule has 0 aliphatic rings. The molecule has 0 fully saturated rings. The Hall–Kier alpha value is -3.45. The molecule has 29 heavy (non-hydrogen) atoms. The van der Waals surface area contributed by atoms with Crippen LogP contribution in [0.15, 0.2) is 89.3 Å². The molecule has 0 spiro atoms. The van der Waals surface area contributed by atoms with Gasteiger partial charge in [0.15, 0.2) is 0 Å². The van der Waals surface area contributed by atoms with E-state index in [9.17, 15) is 13.2 Å². The Morgan fingerprint density at radius 1 is 0.897 bits per heavy atom. The lowest BCUT2D eigenvalue weighted by Gasteiger charge is -2.29. The summed E-state index contributed by atoms with van der Waals surface area (Å²) >= 11 is 0. The maximum Gasteiger partial charge on any atom is 0.312 e. The Kier molecular flexibility index (Phi) is 6.09. The van der Waals surface area contributed by atoms with Crippen LogP contribution in [0.25, 0.3) is 0 Å². The van der Waals surface area contributed by atoms with Crippen LogP contribution in [0.1, 0.15) is 29.7 Å². The molecule has 0 heterocycles. The van der Waals surface area contributed by atoms with Gasteiger partial charge in [0.05, 0.1) is 6.04 Å². The number of hydrogen-bond acceptors (Lipinski definition) is 5. The third-order valence-corrected chi connectivity index (χ3v) is 5.13. The topological polar surface area (TPSA) is 102 Å². The number of nitrogens with zero attached hydrogens (tertiary/aromatic N) is 1. The molecule has 0 aromatic heterocycles. The van der Waals surface area contributed by atoms with E-state index in [1.165, 1.54) is 0 Å². The number of anilines is 1. The van der Waals surface area contributed by atoms with Crippen molar-refractivity contribution in [2.75, 3.05) is 5.73 Å². The van der Waals surface area contributed by atoms with Gasteiger partial charge in [0.2, 0.25) is 5.54 Å². The fraction of sp³-hybridized carbons (Fsp3) is 0.136. The minimum absolute atomic E-state index is 0.351. The zero-order chi connectivity index (χ0) is 20.9. The molecule has 2 unspecified atom stereocenters. The maximum absolute atomic E-state index is 13.6. The van der Waals surface area contributed by atoms with E-state index in [0.717, 1.165) is 5.56 Å². The van der Waals surface area contributed by atoms with Crippen molar-refractivity contribution in [3.63, 3.8) is 0 Å². The first-order valence-corrected chi connectivity index (χ1v) is 10.1. The highest BCUT2D eigenvalue weighted by atomic mass is 32.2. The number of nitrogens with one attached hydrogen (secondary N) is 1. The zero-order valence-corrected chi connectivity index (χ0v) is 16.6. The van der Waals surface area contributed by atoms with Crippen LogP contribution in [-0.4, -0.2) is 14.3 Å². The maximum atomic E-state index is 13.6. The molecule has 0 saturated carbocycles. The number of carbonyl (C=O) groups excluding carboxylic acids is 1. The van der Waals surface area contributed by atoms with E-state index in [-0.39, 0.29) is 6.04 Å². The van der Waals surface area contributed by atoms with E-state index < -0.39 is 21.9 Å². The molecule has 3 N–H and O–H groups in total. The van der Waals surface area contributed by atoms with E-state index in [0.29, 0.717) is 16.8 Å². The van der Waals surface area contributed by atoms with Gasteiger partial charge in [-0.3, -0.25) is 4.79 Å². The highest BCUT2D eigenvalue weighted by molar-refractivity contribution is 7.61. The van der Waals surface area contributed by atoms with Crippen molar-refractivity contribution >= 4 is 22.1 Å². The molecule has 148 valence electrons. The quantitative estimate of drug-likeness (QED) is 0.611. The molecule has 6 nitrogen and oxygen atoms in total. The van der Waals surface area contributed by atoms with E-state index >= 15 is 0 Å². The number of hydrogen-bond donors (Lipinski definition) is 2. The monoisotopic (exact) mass is 407 g/mol. The molecule has 0 bridgehead atoms. The Morgan fingerprint density at radius 2 is 1.41 bits per heavy atom. The summed E-state index contributed by atoms with van der Waals surface area (Å²) in [6.07, 6.45) is 0. The first-order chi connectivity index (χ1) is 13.9. The molecular formula is C22H21N3O3S. The van der Waals surface area contributed by atoms with E-state index in [1.807, 2.05) is 37.3 Å². The van der Waals surface area contributed by atoms with Gasteiger partial charge in [-0.2, -0.15) is 8.42 Å². The van der Waals surface area contributed by atoms with Crippen LogP contribution in [0.5, 0.6) is 0 Å². The second-order valence-electron chi connectivity index (χ2n) is 6.61. The van der Waals surface area contributed by atoms with Gasteiger partial charge in [-0.15, -0.1) is 4.36 Å². The summed E-state index contributed by atoms with van der Waals surface area (Å²) in [4.78, 5) is 13.6. The van der Waals surface area contributed by atoms with E-state index in [4.69, 9.17) is 5.73 Å². The fourth-order valence-electron chi connectivity index (χ4n) is 3.22. The number of rotatable bonds is 6. The van der Waals surface area contributed by atoms with Gasteiger partial charge in [0.1, 0.15) is 0 Å². The smallest absolute Gasteiger partial charge is 0.312 e. The molecule has 0 radical (unpaired) electrons. The molecule has 3 aromatic carbocycles. The number of nitrogens with two attached hydrogens (primary N) is 1. The van der Waals surface area contributed by atoms with E-state index in [2.05, 4.69) is 9.68 Å². The predicted molar refractivity (Wildman–Crippen MR) is 112 cm³/mol. The van der Waals surface area contributed by atoms with Crippen LogP contribution in [0.4, 0.5) is 5.69 Å². The summed E-state index contributed by atoms with van der Waals surface area (Å²) in [5.41, 5.74) is 6.25. The van der Waals surface area contributed by atoms with E-state index in [1.54, 1.807) is 54.6 Å².